The molecule has 0 saturated carbocycles. The summed E-state index contributed by atoms with van der Waals surface area (Å²) in [5.41, 5.74) is 24.9. The first-order valence-electron chi connectivity index (χ1n) is 24.5. The predicted octanol–water partition coefficient (Wildman–Crippen LogP) is 13.8. The molecular weight excluding hydrogens is 829 g/mol. The normalized spacial score (nSPS) is 19.7. The second-order valence-corrected chi connectivity index (χ2v) is 19.6. The van der Waals surface area contributed by atoms with E-state index in [4.69, 9.17) is 15.0 Å². The van der Waals surface area contributed by atoms with E-state index in [1.54, 1.807) is 0 Å². The second-order valence-electron chi connectivity index (χ2n) is 19.6. The van der Waals surface area contributed by atoms with Crippen LogP contribution in [0.4, 0.5) is 11.5 Å². The Bertz CT molecular complexity index is 3630. The largest absolute Gasteiger partial charge is 0.318 e. The van der Waals surface area contributed by atoms with Crippen molar-refractivity contribution in [3.05, 3.63) is 214 Å². The van der Waals surface area contributed by atoms with E-state index in [1.807, 2.05) is 30.7 Å². The topological polar surface area (TPSA) is 59.2 Å². The minimum Gasteiger partial charge on any atom is -0.318 e. The Morgan fingerprint density at radius 2 is 1.38 bits per heavy atom. The molecule has 0 amide bonds. The van der Waals surface area contributed by atoms with Gasteiger partial charge in [0.15, 0.2) is 0 Å². The first-order valence-corrected chi connectivity index (χ1v) is 24.5. The van der Waals surface area contributed by atoms with Gasteiger partial charge in [-0.1, -0.05) is 85.0 Å². The smallest absolute Gasteiger partial charge is 0.137 e. The van der Waals surface area contributed by atoms with Crippen LogP contribution in [0.1, 0.15) is 57.7 Å². The maximum absolute atomic E-state index is 5.10. The molecule has 4 aromatic carbocycles. The summed E-state index contributed by atoms with van der Waals surface area (Å²) in [6.07, 6.45) is 30.8. The Morgan fingerprint density at radius 3 is 2.16 bits per heavy atom. The van der Waals surface area contributed by atoms with Gasteiger partial charge in [0.05, 0.1) is 28.5 Å². The fraction of sp³-hybridized carbons (Fsp3) is 0.194. The van der Waals surface area contributed by atoms with E-state index in [0.717, 1.165) is 68.0 Å². The summed E-state index contributed by atoms with van der Waals surface area (Å²) >= 11 is 0. The first-order chi connectivity index (χ1) is 33.5. The highest BCUT2D eigenvalue weighted by atomic mass is 15.2. The van der Waals surface area contributed by atoms with Crippen LogP contribution in [0.3, 0.4) is 0 Å². The molecule has 4 aliphatic carbocycles. The van der Waals surface area contributed by atoms with Gasteiger partial charge in [-0.2, -0.15) is 0 Å². The molecule has 6 nitrogen and oxygen atoms in total. The van der Waals surface area contributed by atoms with Crippen LogP contribution >= 0.6 is 0 Å². The van der Waals surface area contributed by atoms with Crippen molar-refractivity contribution in [1.29, 1.82) is 0 Å². The number of dihydropyridines is 1. The molecule has 6 heteroatoms. The number of aryl methyl sites for hydroxylation is 5. The minimum absolute atomic E-state index is 0.143. The predicted molar refractivity (Wildman–Crippen MR) is 278 cm³/mol. The van der Waals surface area contributed by atoms with Crippen LogP contribution in [0.15, 0.2) is 180 Å². The van der Waals surface area contributed by atoms with E-state index in [1.165, 1.54) is 106 Å². The van der Waals surface area contributed by atoms with Gasteiger partial charge in [0.1, 0.15) is 11.6 Å². The van der Waals surface area contributed by atoms with Crippen molar-refractivity contribution in [3.63, 3.8) is 0 Å². The summed E-state index contributed by atoms with van der Waals surface area (Å²) in [6.45, 7) is 5.26. The molecule has 328 valence electrons. The monoisotopic (exact) mass is 878 g/mol. The van der Waals surface area contributed by atoms with Gasteiger partial charge in [0, 0.05) is 59.0 Å². The lowest BCUT2D eigenvalue weighted by molar-refractivity contribution is 0.731. The third-order valence-electron chi connectivity index (χ3n) is 15.5. The number of aromatic nitrogens is 4. The first kappa shape index (κ1) is 39.5. The van der Waals surface area contributed by atoms with Crippen LogP contribution < -0.4 is 4.90 Å². The van der Waals surface area contributed by atoms with Gasteiger partial charge in [-0.15, -0.1) is 0 Å². The third kappa shape index (κ3) is 6.16. The van der Waals surface area contributed by atoms with E-state index >= 15 is 0 Å². The highest BCUT2D eigenvalue weighted by molar-refractivity contribution is 6.14. The molecule has 0 bridgehead atoms. The molecule has 6 aliphatic rings. The Balaban J connectivity index is 0.928. The summed E-state index contributed by atoms with van der Waals surface area (Å²) in [5.74, 6) is 2.57. The fourth-order valence-corrected chi connectivity index (χ4v) is 12.4. The van der Waals surface area contributed by atoms with Crippen molar-refractivity contribution >= 4 is 39.0 Å². The summed E-state index contributed by atoms with van der Waals surface area (Å²) in [5, 5.41) is 2.59. The number of benzene rings is 4. The van der Waals surface area contributed by atoms with Crippen LogP contribution in [0.2, 0.25) is 0 Å². The number of pyridine rings is 3. The van der Waals surface area contributed by atoms with Crippen LogP contribution in [-0.2, 0) is 25.7 Å². The Labute approximate surface area is 397 Å². The third-order valence-corrected chi connectivity index (χ3v) is 15.5. The number of hydrogen-bond acceptors (Lipinski definition) is 5. The molecule has 0 radical (unpaired) electrons. The zero-order valence-corrected chi connectivity index (χ0v) is 38.5. The lowest BCUT2D eigenvalue weighted by Crippen LogP contribution is -2.30. The second kappa shape index (κ2) is 15.4. The van der Waals surface area contributed by atoms with Crippen LogP contribution in [-0.4, -0.2) is 37.8 Å². The van der Waals surface area contributed by atoms with Gasteiger partial charge < -0.3 is 4.90 Å². The molecule has 3 atom stereocenters. The molecule has 3 unspecified atom stereocenters. The summed E-state index contributed by atoms with van der Waals surface area (Å²) in [6, 6.07) is 36.0. The van der Waals surface area contributed by atoms with Gasteiger partial charge in [-0.3, -0.25) is 14.5 Å². The zero-order chi connectivity index (χ0) is 45.0. The van der Waals surface area contributed by atoms with Crippen LogP contribution in [0, 0.1) is 19.8 Å². The van der Waals surface area contributed by atoms with E-state index in [-0.39, 0.29) is 12.0 Å². The number of anilines is 2. The molecule has 0 fully saturated rings. The van der Waals surface area contributed by atoms with Crippen molar-refractivity contribution in [2.75, 3.05) is 11.4 Å². The van der Waals surface area contributed by atoms with Gasteiger partial charge in [-0.25, -0.2) is 9.97 Å². The molecule has 0 saturated heterocycles. The number of allylic oxidation sites excluding steroid dienone is 7. The lowest BCUT2D eigenvalue weighted by Gasteiger charge is -2.34. The average Bonchev–Trinajstić information content (AvgIpc) is 3.90. The maximum atomic E-state index is 5.10. The Kier molecular flexibility index (Phi) is 8.95. The summed E-state index contributed by atoms with van der Waals surface area (Å²) in [7, 11) is 0. The van der Waals surface area contributed by atoms with Crippen molar-refractivity contribution in [2.45, 2.75) is 64.3 Å². The SMILES string of the molecule is Cc1ccnc(N2c3c(cc4c5c3CCc3cc6c7cc(-c8ccc(-c9ccccn9)cc8)ccc7n(-c7cc(C)ccn7)c6c(c3-5)CC4)C3C=C(C4=CCC(C5=NCCC=C5)C=C4)C=CC32)c1. The number of nitrogens with zero attached hydrogens (tertiary/aromatic N) is 6. The van der Waals surface area contributed by atoms with Crippen molar-refractivity contribution in [3.8, 4) is 39.3 Å². The van der Waals surface area contributed by atoms with Crippen LogP contribution in [0.25, 0.3) is 61.1 Å². The molecule has 0 N–H and O–H groups in total. The minimum atomic E-state index is 0.143. The van der Waals surface area contributed by atoms with E-state index in [0.29, 0.717) is 5.92 Å². The maximum Gasteiger partial charge on any atom is 0.137 e. The van der Waals surface area contributed by atoms with Gasteiger partial charge in [0.25, 0.3) is 0 Å². The highest BCUT2D eigenvalue weighted by Crippen LogP contribution is 2.57. The van der Waals surface area contributed by atoms with Gasteiger partial charge >= 0.3 is 0 Å². The molecule has 0 spiro atoms. The average molecular weight is 879 g/mol. The van der Waals surface area contributed by atoms with Crippen molar-refractivity contribution in [1.82, 2.24) is 19.5 Å². The number of fused-ring (bicyclic) bond motifs is 8. The summed E-state index contributed by atoms with van der Waals surface area (Å²) in [4.78, 5) is 22.2. The molecular formula is C62H50N6. The zero-order valence-electron chi connectivity index (χ0n) is 38.5. The molecule has 4 aromatic heterocycles. The highest BCUT2D eigenvalue weighted by Gasteiger charge is 2.44. The van der Waals surface area contributed by atoms with E-state index in [9.17, 15) is 0 Å². The quantitative estimate of drug-likeness (QED) is 0.167. The molecule has 6 heterocycles. The Hall–Kier alpha value is -7.70. The number of aliphatic imine (C=N–C) groups is 1. The number of hydrogen-bond donors (Lipinski definition) is 0. The van der Waals surface area contributed by atoms with E-state index in [2.05, 4.69) is 162 Å². The molecule has 8 aromatic rings. The van der Waals surface area contributed by atoms with Crippen molar-refractivity contribution < 1.29 is 0 Å². The standard InChI is InChI=1S/C62H50N6/c1-37-25-29-65-57(31-37)67-55-23-19-43(39-9-13-41(14-10-39)53-7-3-5-27-63-53)33-49(55)51-35-45-18-22-48-60-46(17-21-47(59(45)60)61(51)67)36-52-50-34-44(40-11-15-42(16-12-40)54-8-4-6-28-64-54)20-24-56(50)68(62(48)52)58-32-38(2)26-30-66-58/h3-5,7-15,19-20,23-27,29-36,42,50,56H,6,16-18,21-22,28H2,1-2H3. The van der Waals surface area contributed by atoms with Crippen molar-refractivity contribution in [2.24, 2.45) is 10.9 Å². The Morgan fingerprint density at radius 1 is 0.618 bits per heavy atom. The molecule has 14 rings (SSSR count). The van der Waals surface area contributed by atoms with Crippen LogP contribution in [0.5, 0.6) is 0 Å². The van der Waals surface area contributed by atoms with Gasteiger partial charge in [0.2, 0.25) is 0 Å². The molecule has 2 aliphatic heterocycles. The van der Waals surface area contributed by atoms with Gasteiger partial charge in [-0.05, 0) is 185 Å². The summed E-state index contributed by atoms with van der Waals surface area (Å²) < 4.78 is 2.47. The molecule has 68 heavy (non-hydrogen) atoms. The fourth-order valence-electron chi connectivity index (χ4n) is 12.4. The lowest BCUT2D eigenvalue weighted by atomic mass is 9.72. The van der Waals surface area contributed by atoms with E-state index < -0.39 is 0 Å². The number of rotatable bonds is 6.